The predicted octanol–water partition coefficient (Wildman–Crippen LogP) is 2.92. The van der Waals surface area contributed by atoms with Crippen molar-refractivity contribution in [2.24, 2.45) is 11.8 Å². The summed E-state index contributed by atoms with van der Waals surface area (Å²) in [5, 5.41) is 14.7. The van der Waals surface area contributed by atoms with Crippen molar-refractivity contribution in [2.45, 2.75) is 97.2 Å². The molecule has 9 nitrogen and oxygen atoms in total. The molecule has 0 bridgehead atoms. The van der Waals surface area contributed by atoms with Crippen molar-refractivity contribution in [3.63, 3.8) is 0 Å². The number of carboxylic acids is 1. The van der Waals surface area contributed by atoms with Crippen LogP contribution in [0.15, 0.2) is 0 Å². The lowest BCUT2D eigenvalue weighted by Gasteiger charge is -2.32. The summed E-state index contributed by atoms with van der Waals surface area (Å²) in [7, 11) is 1.47. The van der Waals surface area contributed by atoms with E-state index in [4.69, 9.17) is 4.74 Å². The minimum atomic E-state index is -1.07. The van der Waals surface area contributed by atoms with E-state index in [0.717, 1.165) is 32.1 Å². The van der Waals surface area contributed by atoms with Gasteiger partial charge >= 0.3 is 12.1 Å². The molecule has 9 heteroatoms. The number of hydrogen-bond acceptors (Lipinski definition) is 5. The van der Waals surface area contributed by atoms with Gasteiger partial charge < -0.3 is 25.4 Å². The normalized spacial score (nSPS) is 16.7. The molecule has 1 aliphatic rings. The summed E-state index contributed by atoms with van der Waals surface area (Å²) >= 11 is 0. The first-order valence-corrected chi connectivity index (χ1v) is 11.6. The van der Waals surface area contributed by atoms with Crippen molar-refractivity contribution in [2.75, 3.05) is 13.6 Å². The zero-order valence-corrected chi connectivity index (χ0v) is 20.4. The minimum absolute atomic E-state index is 0.0933. The van der Waals surface area contributed by atoms with Gasteiger partial charge in [0.15, 0.2) is 0 Å². The fourth-order valence-corrected chi connectivity index (χ4v) is 3.96. The van der Waals surface area contributed by atoms with E-state index in [2.05, 4.69) is 10.6 Å². The van der Waals surface area contributed by atoms with Crippen LogP contribution in [0.25, 0.3) is 0 Å². The monoisotopic (exact) mass is 455 g/mol. The Morgan fingerprint density at radius 1 is 1.09 bits per heavy atom. The summed E-state index contributed by atoms with van der Waals surface area (Å²) < 4.78 is 5.12. The third-order valence-corrected chi connectivity index (χ3v) is 5.51. The third kappa shape index (κ3) is 10.3. The maximum atomic E-state index is 13.2. The highest BCUT2D eigenvalue weighted by molar-refractivity contribution is 5.91. The van der Waals surface area contributed by atoms with Crippen molar-refractivity contribution in [3.05, 3.63) is 0 Å². The molecular weight excluding hydrogens is 414 g/mol. The van der Waals surface area contributed by atoms with Gasteiger partial charge in [-0.15, -0.1) is 0 Å². The van der Waals surface area contributed by atoms with E-state index in [1.54, 1.807) is 20.8 Å². The van der Waals surface area contributed by atoms with E-state index in [1.807, 2.05) is 13.8 Å². The zero-order chi connectivity index (χ0) is 24.5. The van der Waals surface area contributed by atoms with Gasteiger partial charge in [0.2, 0.25) is 11.8 Å². The highest BCUT2D eigenvalue weighted by Gasteiger charge is 2.34. The predicted molar refractivity (Wildman–Crippen MR) is 121 cm³/mol. The van der Waals surface area contributed by atoms with Crippen LogP contribution in [0.1, 0.15) is 79.6 Å². The van der Waals surface area contributed by atoms with Gasteiger partial charge in [0.05, 0.1) is 0 Å². The van der Waals surface area contributed by atoms with Gasteiger partial charge in [0, 0.05) is 7.05 Å². The van der Waals surface area contributed by atoms with Crippen molar-refractivity contribution in [3.8, 4) is 0 Å². The fraction of sp³-hybridized carbons (Fsp3) is 0.826. The number of nitrogens with one attached hydrogen (secondary N) is 2. The molecule has 184 valence electrons. The molecule has 0 aromatic heterocycles. The summed E-state index contributed by atoms with van der Waals surface area (Å²) in [6, 6.07) is -1.81. The first-order chi connectivity index (χ1) is 14.8. The molecule has 1 fully saturated rings. The van der Waals surface area contributed by atoms with Gasteiger partial charge in [-0.05, 0) is 45.4 Å². The molecule has 1 saturated carbocycles. The molecule has 0 aliphatic heterocycles. The molecule has 0 spiro atoms. The standard InChI is InChI=1S/C23H41N3O6/c1-15(2)12-18(21(29)30)26(6)20(28)17(13-16-10-8-7-9-11-16)25-19(27)14-24-22(31)32-23(3,4)5/h15-18H,7-14H2,1-6H3,(H,24,31)(H,25,27)(H,29,30)/t17?,18-/m0/s1. The van der Waals surface area contributed by atoms with Crippen molar-refractivity contribution in [1.29, 1.82) is 0 Å². The number of likely N-dealkylation sites (N-methyl/N-ethyl adjacent to an activating group) is 1. The Kier molecular flexibility index (Phi) is 11.0. The third-order valence-electron chi connectivity index (χ3n) is 5.51. The molecule has 1 rings (SSSR count). The van der Waals surface area contributed by atoms with Crippen LogP contribution in [0.5, 0.6) is 0 Å². The average molecular weight is 456 g/mol. The largest absolute Gasteiger partial charge is 0.480 e. The molecule has 2 atom stereocenters. The smallest absolute Gasteiger partial charge is 0.408 e. The van der Waals surface area contributed by atoms with Crippen molar-refractivity contribution >= 4 is 23.9 Å². The highest BCUT2D eigenvalue weighted by Crippen LogP contribution is 2.28. The van der Waals surface area contributed by atoms with Crippen LogP contribution in [-0.4, -0.2) is 65.2 Å². The Morgan fingerprint density at radius 2 is 1.69 bits per heavy atom. The number of ether oxygens (including phenoxy) is 1. The number of hydrogen-bond donors (Lipinski definition) is 3. The highest BCUT2D eigenvalue weighted by atomic mass is 16.6. The van der Waals surface area contributed by atoms with Crippen LogP contribution < -0.4 is 10.6 Å². The zero-order valence-electron chi connectivity index (χ0n) is 20.4. The Bertz CT molecular complexity index is 653. The second kappa shape index (κ2) is 12.6. The van der Waals surface area contributed by atoms with Gasteiger partial charge in [-0.1, -0.05) is 46.0 Å². The van der Waals surface area contributed by atoms with E-state index < -0.39 is 41.6 Å². The average Bonchev–Trinajstić information content (AvgIpc) is 2.68. The topological polar surface area (TPSA) is 125 Å². The van der Waals surface area contributed by atoms with Crippen LogP contribution in [-0.2, 0) is 19.1 Å². The van der Waals surface area contributed by atoms with E-state index in [9.17, 15) is 24.3 Å². The molecule has 0 saturated heterocycles. The van der Waals surface area contributed by atoms with Gasteiger partial charge in [0.1, 0.15) is 24.2 Å². The molecule has 0 aromatic rings. The van der Waals surface area contributed by atoms with Crippen LogP contribution in [0, 0.1) is 11.8 Å². The second-order valence-corrected chi connectivity index (χ2v) is 10.1. The first kappa shape index (κ1) is 27.7. The molecule has 1 aliphatic carbocycles. The van der Waals surface area contributed by atoms with E-state index in [-0.39, 0.29) is 12.5 Å². The lowest BCUT2D eigenvalue weighted by molar-refractivity contribution is -0.151. The van der Waals surface area contributed by atoms with Crippen LogP contribution in [0.3, 0.4) is 0 Å². The van der Waals surface area contributed by atoms with Gasteiger partial charge in [-0.2, -0.15) is 0 Å². The number of aliphatic carboxylic acids is 1. The number of nitrogens with zero attached hydrogens (tertiary/aromatic N) is 1. The Hall–Kier alpha value is -2.32. The van der Waals surface area contributed by atoms with Crippen molar-refractivity contribution in [1.82, 2.24) is 15.5 Å². The fourth-order valence-electron chi connectivity index (χ4n) is 3.96. The first-order valence-electron chi connectivity index (χ1n) is 11.6. The summed E-state index contributed by atoms with van der Waals surface area (Å²) in [6.07, 6.45) is 5.35. The molecule has 0 heterocycles. The summed E-state index contributed by atoms with van der Waals surface area (Å²) in [5.74, 6) is -1.62. The number of carbonyl (C=O) groups is 4. The Morgan fingerprint density at radius 3 is 2.19 bits per heavy atom. The molecular formula is C23H41N3O6. The molecule has 3 amide bonds. The van der Waals surface area contributed by atoms with E-state index >= 15 is 0 Å². The lowest BCUT2D eigenvalue weighted by atomic mass is 9.84. The van der Waals surface area contributed by atoms with Gasteiger partial charge in [-0.25, -0.2) is 9.59 Å². The number of alkyl carbamates (subject to hydrolysis) is 1. The van der Waals surface area contributed by atoms with Crippen LogP contribution in [0.2, 0.25) is 0 Å². The van der Waals surface area contributed by atoms with Gasteiger partial charge in [0.25, 0.3) is 0 Å². The Balaban J connectivity index is 2.86. The van der Waals surface area contributed by atoms with Crippen molar-refractivity contribution < 1.29 is 29.0 Å². The number of carbonyl (C=O) groups excluding carboxylic acids is 3. The minimum Gasteiger partial charge on any atom is -0.480 e. The summed E-state index contributed by atoms with van der Waals surface area (Å²) in [6.45, 7) is 8.63. The quantitative estimate of drug-likeness (QED) is 0.465. The second-order valence-electron chi connectivity index (χ2n) is 10.1. The molecule has 0 radical (unpaired) electrons. The van der Waals surface area contributed by atoms with E-state index in [0.29, 0.717) is 18.8 Å². The number of rotatable bonds is 10. The molecule has 0 aromatic carbocycles. The number of amides is 3. The van der Waals surface area contributed by atoms with E-state index in [1.165, 1.54) is 11.9 Å². The maximum absolute atomic E-state index is 13.2. The summed E-state index contributed by atoms with van der Waals surface area (Å²) in [5.41, 5.74) is -0.689. The Labute approximate surface area is 191 Å². The molecule has 1 unspecified atom stereocenters. The van der Waals surface area contributed by atoms with Crippen LogP contribution >= 0.6 is 0 Å². The number of carboxylic acid groups (broad SMARTS) is 1. The van der Waals surface area contributed by atoms with Gasteiger partial charge in [-0.3, -0.25) is 9.59 Å². The van der Waals surface area contributed by atoms with Crippen LogP contribution in [0.4, 0.5) is 4.79 Å². The summed E-state index contributed by atoms with van der Waals surface area (Å²) in [4.78, 5) is 50.6. The molecule has 3 N–H and O–H groups in total. The molecule has 32 heavy (non-hydrogen) atoms. The lowest BCUT2D eigenvalue weighted by Crippen LogP contribution is -2.54. The SMILES string of the molecule is CC(C)C[C@@H](C(=O)O)N(C)C(=O)C(CC1CCCCC1)NC(=O)CNC(=O)OC(C)(C)C. The maximum Gasteiger partial charge on any atom is 0.408 e.